The fourth-order valence-electron chi connectivity index (χ4n) is 4.28. The number of nitrogens with one attached hydrogen (secondary N) is 2. The van der Waals surface area contributed by atoms with E-state index < -0.39 is 17.9 Å². The Morgan fingerprint density at radius 1 is 0.923 bits per heavy atom. The first-order chi connectivity index (χ1) is 18.9. The lowest BCUT2D eigenvalue weighted by Crippen LogP contribution is -2.43. The maximum absolute atomic E-state index is 13.4. The van der Waals surface area contributed by atoms with Gasteiger partial charge in [0.25, 0.3) is 5.91 Å². The summed E-state index contributed by atoms with van der Waals surface area (Å²) >= 11 is 0. The molecule has 4 rings (SSSR count). The van der Waals surface area contributed by atoms with E-state index in [-0.39, 0.29) is 18.2 Å². The lowest BCUT2D eigenvalue weighted by atomic mass is 9.90. The van der Waals surface area contributed by atoms with E-state index in [9.17, 15) is 9.59 Å². The molecular weight excluding hydrogens is 488 g/mol. The first-order valence-electron chi connectivity index (χ1n) is 12.5. The molecule has 1 aromatic heterocycles. The van der Waals surface area contributed by atoms with Crippen LogP contribution in [0.2, 0.25) is 0 Å². The van der Waals surface area contributed by atoms with Gasteiger partial charge in [0.1, 0.15) is 5.84 Å². The number of rotatable bonds is 10. The van der Waals surface area contributed by atoms with Crippen molar-refractivity contribution in [1.82, 2.24) is 10.3 Å². The Labute approximate surface area is 227 Å². The SMILES string of the molecule is COC(=O)C(Cc1cccc(C(=N)N)c1)C(/C=C/c1ccccc1)NC(=O)c1ccc(-c2ccncc2)cc1. The average molecular weight is 519 g/mol. The second kappa shape index (κ2) is 13.0. The van der Waals surface area contributed by atoms with Crippen LogP contribution in [0.25, 0.3) is 17.2 Å². The number of hydrogen-bond acceptors (Lipinski definition) is 5. The highest BCUT2D eigenvalue weighted by Gasteiger charge is 2.29. The van der Waals surface area contributed by atoms with Crippen LogP contribution < -0.4 is 11.1 Å². The van der Waals surface area contributed by atoms with Gasteiger partial charge in [0.05, 0.1) is 19.1 Å². The number of nitrogens with two attached hydrogens (primary N) is 1. The number of ether oxygens (including phenoxy) is 1. The van der Waals surface area contributed by atoms with Crippen molar-refractivity contribution in [2.24, 2.45) is 11.7 Å². The zero-order chi connectivity index (χ0) is 27.6. The smallest absolute Gasteiger partial charge is 0.311 e. The minimum atomic E-state index is -0.725. The number of carbonyl (C=O) groups excluding carboxylic acids is 2. The van der Waals surface area contributed by atoms with Crippen molar-refractivity contribution in [2.75, 3.05) is 7.11 Å². The zero-order valence-corrected chi connectivity index (χ0v) is 21.6. The first-order valence-corrected chi connectivity index (χ1v) is 12.5. The predicted octanol–water partition coefficient (Wildman–Crippen LogP) is 4.88. The van der Waals surface area contributed by atoms with E-state index in [0.29, 0.717) is 11.1 Å². The molecule has 1 amide bonds. The number of amidine groups is 1. The molecule has 0 radical (unpaired) electrons. The van der Waals surface area contributed by atoms with Gasteiger partial charge >= 0.3 is 5.97 Å². The average Bonchev–Trinajstić information content (AvgIpc) is 2.99. The predicted molar refractivity (Wildman–Crippen MR) is 153 cm³/mol. The Morgan fingerprint density at radius 3 is 2.28 bits per heavy atom. The first kappa shape index (κ1) is 27.0. The van der Waals surface area contributed by atoms with Crippen LogP contribution in [0.5, 0.6) is 0 Å². The molecule has 0 saturated heterocycles. The molecule has 4 N–H and O–H groups in total. The standard InChI is InChI=1S/C32H30N4O3/c1-39-32(38)28(21-23-8-5-9-27(20-23)30(33)34)29(15-10-22-6-3-2-4-7-22)36-31(37)26-13-11-24(12-14-26)25-16-18-35-19-17-25/h2-20,28-29H,21H2,1H3,(H3,33,34)(H,36,37)/b15-10+. The molecule has 3 aromatic carbocycles. The van der Waals surface area contributed by atoms with Crippen molar-refractivity contribution >= 4 is 23.8 Å². The van der Waals surface area contributed by atoms with Crippen molar-refractivity contribution in [2.45, 2.75) is 12.5 Å². The minimum absolute atomic E-state index is 0.0597. The van der Waals surface area contributed by atoms with E-state index in [4.69, 9.17) is 15.9 Å². The van der Waals surface area contributed by atoms with E-state index >= 15 is 0 Å². The Morgan fingerprint density at radius 2 is 1.62 bits per heavy atom. The number of aromatic nitrogens is 1. The number of carbonyl (C=O) groups is 2. The van der Waals surface area contributed by atoms with Crippen LogP contribution in [0.3, 0.4) is 0 Å². The third-order valence-electron chi connectivity index (χ3n) is 6.39. The molecule has 2 unspecified atom stereocenters. The molecule has 0 saturated carbocycles. The number of nitrogen functional groups attached to an aromatic ring is 1. The number of amides is 1. The molecule has 2 atom stereocenters. The lowest BCUT2D eigenvalue weighted by Gasteiger charge is -2.24. The van der Waals surface area contributed by atoms with Crippen LogP contribution in [0, 0.1) is 11.3 Å². The summed E-state index contributed by atoms with van der Waals surface area (Å²) in [5.74, 6) is -1.56. The number of nitrogens with zero attached hydrogens (tertiary/aromatic N) is 1. The van der Waals surface area contributed by atoms with Crippen molar-refractivity contribution in [3.63, 3.8) is 0 Å². The Balaban J connectivity index is 1.63. The summed E-state index contributed by atoms with van der Waals surface area (Å²) in [5, 5.41) is 10.8. The van der Waals surface area contributed by atoms with Gasteiger partial charge in [0.15, 0.2) is 0 Å². The largest absolute Gasteiger partial charge is 0.469 e. The van der Waals surface area contributed by atoms with Crippen LogP contribution in [0.4, 0.5) is 0 Å². The summed E-state index contributed by atoms with van der Waals surface area (Å²) < 4.78 is 5.15. The molecule has 0 fully saturated rings. The molecule has 0 aliphatic heterocycles. The highest BCUT2D eigenvalue weighted by atomic mass is 16.5. The molecule has 0 spiro atoms. The second-order valence-electron chi connectivity index (χ2n) is 9.03. The van der Waals surface area contributed by atoms with E-state index in [1.165, 1.54) is 7.11 Å². The van der Waals surface area contributed by atoms with Gasteiger partial charge in [-0.15, -0.1) is 0 Å². The second-order valence-corrected chi connectivity index (χ2v) is 9.03. The molecule has 4 aromatic rings. The summed E-state index contributed by atoms with van der Waals surface area (Å²) in [6.45, 7) is 0. The van der Waals surface area contributed by atoms with E-state index in [1.807, 2.05) is 72.8 Å². The van der Waals surface area contributed by atoms with Crippen LogP contribution >= 0.6 is 0 Å². The highest BCUT2D eigenvalue weighted by Crippen LogP contribution is 2.21. The third-order valence-corrected chi connectivity index (χ3v) is 6.39. The number of esters is 1. The van der Waals surface area contributed by atoms with Crippen LogP contribution in [0.15, 0.2) is 109 Å². The van der Waals surface area contributed by atoms with Crippen molar-refractivity contribution < 1.29 is 14.3 Å². The molecule has 0 bridgehead atoms. The maximum atomic E-state index is 13.4. The third kappa shape index (κ3) is 7.26. The van der Waals surface area contributed by atoms with Crippen molar-refractivity contribution in [3.8, 4) is 11.1 Å². The lowest BCUT2D eigenvalue weighted by molar-refractivity contribution is -0.145. The fraction of sp³-hybridized carbons (Fsp3) is 0.125. The summed E-state index contributed by atoms with van der Waals surface area (Å²) in [6.07, 6.45) is 7.41. The molecular formula is C32H30N4O3. The molecule has 0 aliphatic rings. The highest BCUT2D eigenvalue weighted by molar-refractivity contribution is 5.96. The maximum Gasteiger partial charge on any atom is 0.311 e. The molecule has 7 heteroatoms. The van der Waals surface area contributed by atoms with Gasteiger partial charge in [-0.2, -0.15) is 0 Å². The normalized spacial score (nSPS) is 12.4. The number of methoxy groups -OCH3 is 1. The van der Waals surface area contributed by atoms with Gasteiger partial charge in [-0.3, -0.25) is 20.0 Å². The van der Waals surface area contributed by atoms with Gasteiger partial charge in [-0.05, 0) is 59.0 Å². The topological polar surface area (TPSA) is 118 Å². The molecule has 39 heavy (non-hydrogen) atoms. The van der Waals surface area contributed by atoms with E-state index in [1.54, 1.807) is 42.7 Å². The Kier molecular flexibility index (Phi) is 8.98. The van der Waals surface area contributed by atoms with Gasteiger partial charge in [0, 0.05) is 23.5 Å². The van der Waals surface area contributed by atoms with Gasteiger partial charge in [-0.1, -0.05) is 72.8 Å². The van der Waals surface area contributed by atoms with Crippen LogP contribution in [0.1, 0.15) is 27.0 Å². The number of benzene rings is 3. The molecule has 0 aliphatic carbocycles. The monoisotopic (exact) mass is 518 g/mol. The summed E-state index contributed by atoms with van der Waals surface area (Å²) in [7, 11) is 1.33. The minimum Gasteiger partial charge on any atom is -0.469 e. The van der Waals surface area contributed by atoms with Crippen LogP contribution in [-0.2, 0) is 16.0 Å². The van der Waals surface area contributed by atoms with Crippen LogP contribution in [-0.4, -0.2) is 35.8 Å². The number of hydrogen-bond donors (Lipinski definition) is 3. The summed E-state index contributed by atoms with van der Waals surface area (Å²) in [6, 6.07) is 27.2. The molecule has 1 heterocycles. The van der Waals surface area contributed by atoms with Gasteiger partial charge in [-0.25, -0.2) is 0 Å². The quantitative estimate of drug-likeness (QED) is 0.157. The van der Waals surface area contributed by atoms with Crippen molar-refractivity contribution in [3.05, 3.63) is 132 Å². The fourth-order valence-corrected chi connectivity index (χ4v) is 4.28. The zero-order valence-electron chi connectivity index (χ0n) is 21.6. The Bertz CT molecular complexity index is 1450. The Hall–Kier alpha value is -5.04. The van der Waals surface area contributed by atoms with Gasteiger partial charge in [0.2, 0.25) is 0 Å². The summed E-state index contributed by atoms with van der Waals surface area (Å²) in [4.78, 5) is 30.4. The summed E-state index contributed by atoms with van der Waals surface area (Å²) in [5.41, 5.74) is 10.4. The number of pyridine rings is 1. The van der Waals surface area contributed by atoms with Gasteiger partial charge < -0.3 is 15.8 Å². The molecule has 196 valence electrons. The van der Waals surface area contributed by atoms with E-state index in [2.05, 4.69) is 10.3 Å². The molecule has 7 nitrogen and oxygen atoms in total. The van der Waals surface area contributed by atoms with Crippen molar-refractivity contribution in [1.29, 1.82) is 5.41 Å². The van der Waals surface area contributed by atoms with E-state index in [0.717, 1.165) is 22.3 Å².